The standard InChI is InChI=1S/C10H9ClN2.C10H9FN2/c2*1-6-2-3-7-9(13-6)5-4-8(11)10(7)12/h2*2-5H,12H2,1H3. The molecule has 0 aliphatic heterocycles. The number of aromatic nitrogens is 2. The molecule has 4 nitrogen and oxygen atoms in total. The van der Waals surface area contributed by atoms with Gasteiger partial charge in [-0.15, -0.1) is 0 Å². The molecule has 0 amide bonds. The quantitative estimate of drug-likeness (QED) is 0.426. The lowest BCUT2D eigenvalue weighted by Crippen LogP contribution is -1.93. The fraction of sp³-hybridized carbons (Fsp3) is 0.100. The number of benzene rings is 2. The molecule has 26 heavy (non-hydrogen) atoms. The van der Waals surface area contributed by atoms with Crippen LogP contribution in [0.5, 0.6) is 0 Å². The van der Waals surface area contributed by atoms with Crippen LogP contribution >= 0.6 is 11.6 Å². The minimum Gasteiger partial charge on any atom is -0.397 e. The molecule has 0 aliphatic rings. The summed E-state index contributed by atoms with van der Waals surface area (Å²) in [5.41, 5.74) is 15.6. The van der Waals surface area contributed by atoms with E-state index >= 15 is 0 Å². The zero-order valence-electron chi connectivity index (χ0n) is 14.4. The number of aryl methyl sites for hydroxylation is 2. The highest BCUT2D eigenvalue weighted by molar-refractivity contribution is 6.34. The lowest BCUT2D eigenvalue weighted by atomic mass is 10.1. The van der Waals surface area contributed by atoms with Crippen LogP contribution in [0, 0.1) is 19.7 Å². The lowest BCUT2D eigenvalue weighted by Gasteiger charge is -2.03. The zero-order chi connectivity index (χ0) is 18.8. The van der Waals surface area contributed by atoms with Gasteiger partial charge in [0.1, 0.15) is 5.82 Å². The predicted molar refractivity (Wildman–Crippen MR) is 107 cm³/mol. The van der Waals surface area contributed by atoms with E-state index in [2.05, 4.69) is 9.97 Å². The van der Waals surface area contributed by atoms with Gasteiger partial charge >= 0.3 is 0 Å². The SMILES string of the molecule is Cc1ccc2c(N)c(Cl)ccc2n1.Cc1ccc2c(N)c(F)ccc2n1. The fourth-order valence-corrected chi connectivity index (χ4v) is 2.77. The molecule has 0 atom stereocenters. The van der Waals surface area contributed by atoms with Crippen molar-refractivity contribution in [3.63, 3.8) is 0 Å². The molecular weight excluding hydrogens is 351 g/mol. The molecule has 4 N–H and O–H groups in total. The van der Waals surface area contributed by atoms with Crippen LogP contribution in [0.25, 0.3) is 21.8 Å². The van der Waals surface area contributed by atoms with Gasteiger partial charge in [0.15, 0.2) is 0 Å². The van der Waals surface area contributed by atoms with Crippen molar-refractivity contribution in [2.24, 2.45) is 0 Å². The number of rotatable bonds is 0. The number of hydrogen-bond acceptors (Lipinski definition) is 4. The molecule has 0 unspecified atom stereocenters. The Labute approximate surface area is 155 Å². The van der Waals surface area contributed by atoms with E-state index in [0.29, 0.717) is 16.1 Å². The Bertz CT molecular complexity index is 1020. The van der Waals surface area contributed by atoms with Gasteiger partial charge in [0.25, 0.3) is 0 Å². The van der Waals surface area contributed by atoms with E-state index in [9.17, 15) is 4.39 Å². The van der Waals surface area contributed by atoms with Crippen LogP contribution in [-0.2, 0) is 0 Å². The number of nitrogens with two attached hydrogens (primary N) is 2. The maximum Gasteiger partial charge on any atom is 0.146 e. The van der Waals surface area contributed by atoms with Gasteiger partial charge in [0, 0.05) is 22.2 Å². The average Bonchev–Trinajstić information content (AvgIpc) is 2.62. The highest BCUT2D eigenvalue weighted by atomic mass is 35.5. The van der Waals surface area contributed by atoms with Crippen LogP contribution in [0.4, 0.5) is 15.8 Å². The molecular formula is C20H18ClFN4. The van der Waals surface area contributed by atoms with Gasteiger partial charge in [-0.2, -0.15) is 0 Å². The minimum absolute atomic E-state index is 0.171. The van der Waals surface area contributed by atoms with Gasteiger partial charge in [0.2, 0.25) is 0 Å². The smallest absolute Gasteiger partial charge is 0.146 e. The Balaban J connectivity index is 0.000000151. The van der Waals surface area contributed by atoms with E-state index in [0.717, 1.165) is 27.8 Å². The molecule has 0 saturated heterocycles. The van der Waals surface area contributed by atoms with Gasteiger partial charge in [-0.3, -0.25) is 9.97 Å². The monoisotopic (exact) mass is 368 g/mol. The summed E-state index contributed by atoms with van der Waals surface area (Å²) in [5, 5.41) is 2.17. The molecule has 6 heteroatoms. The maximum atomic E-state index is 13.0. The summed E-state index contributed by atoms with van der Waals surface area (Å²) < 4.78 is 13.0. The molecule has 0 saturated carbocycles. The topological polar surface area (TPSA) is 77.8 Å². The van der Waals surface area contributed by atoms with Crippen LogP contribution in [0.1, 0.15) is 11.4 Å². The van der Waals surface area contributed by atoms with Crippen LogP contribution in [-0.4, -0.2) is 9.97 Å². The molecule has 2 aromatic carbocycles. The molecule has 4 aromatic rings. The summed E-state index contributed by atoms with van der Waals surface area (Å²) in [5.74, 6) is -0.391. The number of anilines is 2. The van der Waals surface area contributed by atoms with Gasteiger partial charge in [-0.05, 0) is 62.4 Å². The summed E-state index contributed by atoms with van der Waals surface area (Å²) in [4.78, 5) is 8.57. The Kier molecular flexibility index (Phi) is 4.91. The normalized spacial score (nSPS) is 10.6. The summed E-state index contributed by atoms with van der Waals surface area (Å²) in [6, 6.07) is 14.1. The van der Waals surface area contributed by atoms with E-state index in [-0.39, 0.29) is 5.69 Å². The Hall–Kier alpha value is -2.92. The molecule has 132 valence electrons. The summed E-state index contributed by atoms with van der Waals surface area (Å²) in [6.45, 7) is 3.84. The highest BCUT2D eigenvalue weighted by Gasteiger charge is 2.04. The van der Waals surface area contributed by atoms with Crippen molar-refractivity contribution in [3.8, 4) is 0 Å². The first-order valence-corrected chi connectivity index (χ1v) is 8.37. The summed E-state index contributed by atoms with van der Waals surface area (Å²) in [6.07, 6.45) is 0. The molecule has 0 aliphatic carbocycles. The van der Waals surface area contributed by atoms with Gasteiger partial charge in [-0.25, -0.2) is 4.39 Å². The maximum absolute atomic E-state index is 13.0. The average molecular weight is 369 g/mol. The van der Waals surface area contributed by atoms with E-state index in [1.807, 2.05) is 38.1 Å². The van der Waals surface area contributed by atoms with Crippen molar-refractivity contribution in [2.45, 2.75) is 13.8 Å². The molecule has 0 bridgehead atoms. The second-order valence-corrected chi connectivity index (χ2v) is 6.37. The Morgan fingerprint density at radius 2 is 1.23 bits per heavy atom. The first kappa shape index (κ1) is 17.9. The number of nitrogens with zero attached hydrogens (tertiary/aromatic N) is 2. The third-order valence-electron chi connectivity index (χ3n) is 4.00. The van der Waals surface area contributed by atoms with Crippen molar-refractivity contribution >= 4 is 44.8 Å². The summed E-state index contributed by atoms with van der Waals surface area (Å²) in [7, 11) is 0. The Morgan fingerprint density at radius 3 is 1.81 bits per heavy atom. The second kappa shape index (κ2) is 7.14. The molecule has 2 aromatic heterocycles. The predicted octanol–water partition coefficient (Wildman–Crippen LogP) is 5.04. The number of nitrogen functional groups attached to an aromatic ring is 2. The van der Waals surface area contributed by atoms with E-state index in [1.54, 1.807) is 18.2 Å². The van der Waals surface area contributed by atoms with Gasteiger partial charge in [0.05, 0.1) is 27.4 Å². The van der Waals surface area contributed by atoms with E-state index in [1.165, 1.54) is 6.07 Å². The first-order valence-electron chi connectivity index (χ1n) is 7.99. The third kappa shape index (κ3) is 3.53. The molecule has 0 fully saturated rings. The molecule has 0 radical (unpaired) electrons. The van der Waals surface area contributed by atoms with E-state index in [4.69, 9.17) is 23.1 Å². The second-order valence-electron chi connectivity index (χ2n) is 5.96. The van der Waals surface area contributed by atoms with Crippen LogP contribution in [0.2, 0.25) is 5.02 Å². The molecule has 2 heterocycles. The number of halogens is 2. The molecule has 0 spiro atoms. The molecule has 4 rings (SSSR count). The van der Waals surface area contributed by atoms with Crippen LogP contribution in [0.15, 0.2) is 48.5 Å². The Morgan fingerprint density at radius 1 is 0.731 bits per heavy atom. The highest BCUT2D eigenvalue weighted by Crippen LogP contribution is 2.27. The largest absolute Gasteiger partial charge is 0.397 e. The minimum atomic E-state index is -0.391. The van der Waals surface area contributed by atoms with Crippen LogP contribution < -0.4 is 11.5 Å². The van der Waals surface area contributed by atoms with Gasteiger partial charge in [-0.1, -0.05) is 11.6 Å². The van der Waals surface area contributed by atoms with Crippen molar-refractivity contribution in [1.29, 1.82) is 0 Å². The number of hydrogen-bond donors (Lipinski definition) is 2. The zero-order valence-corrected chi connectivity index (χ0v) is 15.2. The van der Waals surface area contributed by atoms with E-state index < -0.39 is 5.82 Å². The number of pyridine rings is 2. The van der Waals surface area contributed by atoms with Crippen LogP contribution in [0.3, 0.4) is 0 Å². The lowest BCUT2D eigenvalue weighted by molar-refractivity contribution is 0.634. The third-order valence-corrected chi connectivity index (χ3v) is 4.33. The van der Waals surface area contributed by atoms with Crippen molar-refractivity contribution in [2.75, 3.05) is 11.5 Å². The van der Waals surface area contributed by atoms with Crippen molar-refractivity contribution in [1.82, 2.24) is 9.97 Å². The van der Waals surface area contributed by atoms with Crippen molar-refractivity contribution in [3.05, 3.63) is 70.8 Å². The summed E-state index contributed by atoms with van der Waals surface area (Å²) >= 11 is 5.87. The van der Waals surface area contributed by atoms with Gasteiger partial charge < -0.3 is 11.5 Å². The first-order chi connectivity index (χ1) is 12.4. The number of fused-ring (bicyclic) bond motifs is 2. The van der Waals surface area contributed by atoms with Crippen molar-refractivity contribution < 1.29 is 4.39 Å². The fourth-order valence-electron chi connectivity index (χ4n) is 2.60.